The number of aromatic nitrogens is 1. The number of rotatable bonds is 3. The highest BCUT2D eigenvalue weighted by Gasteiger charge is 2.13. The van der Waals surface area contributed by atoms with Gasteiger partial charge in [-0.3, -0.25) is 4.79 Å². The molecule has 5 nitrogen and oxygen atoms in total. The SMILES string of the molecule is Nc1ccc(F)c(NC(=O)Cc2noc3ccccc23)c1. The van der Waals surface area contributed by atoms with E-state index in [2.05, 4.69) is 10.5 Å². The third-order valence-electron chi connectivity index (χ3n) is 3.04. The molecule has 106 valence electrons. The zero-order valence-electron chi connectivity index (χ0n) is 11.0. The summed E-state index contributed by atoms with van der Waals surface area (Å²) < 4.78 is 18.7. The van der Waals surface area contributed by atoms with Gasteiger partial charge in [-0.05, 0) is 30.3 Å². The van der Waals surface area contributed by atoms with Crippen molar-refractivity contribution in [1.29, 1.82) is 0 Å². The van der Waals surface area contributed by atoms with Gasteiger partial charge in [0.1, 0.15) is 11.5 Å². The Morgan fingerprint density at radius 1 is 1.29 bits per heavy atom. The third kappa shape index (κ3) is 2.69. The third-order valence-corrected chi connectivity index (χ3v) is 3.04. The smallest absolute Gasteiger partial charge is 0.230 e. The lowest BCUT2D eigenvalue weighted by Gasteiger charge is -2.06. The van der Waals surface area contributed by atoms with Gasteiger partial charge in [0.25, 0.3) is 0 Å². The van der Waals surface area contributed by atoms with Gasteiger partial charge in [0.05, 0.1) is 12.1 Å². The summed E-state index contributed by atoms with van der Waals surface area (Å²) >= 11 is 0. The second-order valence-electron chi connectivity index (χ2n) is 4.59. The van der Waals surface area contributed by atoms with E-state index in [1.54, 1.807) is 6.07 Å². The van der Waals surface area contributed by atoms with Gasteiger partial charge in [-0.25, -0.2) is 4.39 Å². The molecule has 6 heteroatoms. The van der Waals surface area contributed by atoms with E-state index < -0.39 is 11.7 Å². The summed E-state index contributed by atoms with van der Waals surface area (Å²) in [6.07, 6.45) is -0.00868. The molecular formula is C15H12FN3O2. The molecule has 3 rings (SSSR count). The largest absolute Gasteiger partial charge is 0.399 e. The van der Waals surface area contributed by atoms with Gasteiger partial charge in [-0.15, -0.1) is 0 Å². The highest BCUT2D eigenvalue weighted by atomic mass is 19.1. The first-order valence-electron chi connectivity index (χ1n) is 6.31. The van der Waals surface area contributed by atoms with Gasteiger partial charge in [-0.1, -0.05) is 17.3 Å². The van der Waals surface area contributed by atoms with Crippen molar-refractivity contribution in [1.82, 2.24) is 5.16 Å². The van der Waals surface area contributed by atoms with E-state index >= 15 is 0 Å². The van der Waals surface area contributed by atoms with Crippen LogP contribution in [0.25, 0.3) is 11.0 Å². The molecule has 3 aromatic rings. The van der Waals surface area contributed by atoms with Crippen LogP contribution in [0.4, 0.5) is 15.8 Å². The van der Waals surface area contributed by atoms with E-state index in [0.29, 0.717) is 17.0 Å². The van der Waals surface area contributed by atoms with Gasteiger partial charge in [-0.2, -0.15) is 0 Å². The number of nitrogens with two attached hydrogens (primary N) is 1. The fourth-order valence-electron chi connectivity index (χ4n) is 2.05. The maximum Gasteiger partial charge on any atom is 0.230 e. The predicted octanol–water partition coefficient (Wildman–Crippen LogP) is 2.73. The fraction of sp³-hybridized carbons (Fsp3) is 0.0667. The molecule has 0 spiro atoms. The number of nitrogens with one attached hydrogen (secondary N) is 1. The van der Waals surface area contributed by atoms with Crippen LogP contribution in [0, 0.1) is 5.82 Å². The molecule has 21 heavy (non-hydrogen) atoms. The van der Waals surface area contributed by atoms with Crippen molar-refractivity contribution in [3.63, 3.8) is 0 Å². The predicted molar refractivity (Wildman–Crippen MR) is 77.2 cm³/mol. The number of anilines is 2. The number of hydrogen-bond donors (Lipinski definition) is 2. The average molecular weight is 285 g/mol. The minimum Gasteiger partial charge on any atom is -0.399 e. The van der Waals surface area contributed by atoms with Gasteiger partial charge in [0.15, 0.2) is 5.58 Å². The van der Waals surface area contributed by atoms with Crippen LogP contribution in [0.5, 0.6) is 0 Å². The number of carbonyl (C=O) groups excluding carboxylic acids is 1. The number of carbonyl (C=O) groups is 1. The standard InChI is InChI=1S/C15H12FN3O2/c16-11-6-5-9(17)7-13(11)18-15(20)8-12-10-3-1-2-4-14(10)21-19-12/h1-7H,8,17H2,(H,18,20). The number of amides is 1. The molecule has 2 aromatic carbocycles. The Kier molecular flexibility index (Phi) is 3.27. The van der Waals surface area contributed by atoms with E-state index in [-0.39, 0.29) is 12.1 Å². The van der Waals surface area contributed by atoms with Crippen LogP contribution in [0.3, 0.4) is 0 Å². The normalized spacial score (nSPS) is 10.7. The summed E-state index contributed by atoms with van der Waals surface area (Å²) in [5, 5.41) is 7.11. The number of halogens is 1. The van der Waals surface area contributed by atoms with E-state index in [1.165, 1.54) is 18.2 Å². The Morgan fingerprint density at radius 2 is 2.10 bits per heavy atom. The second-order valence-corrected chi connectivity index (χ2v) is 4.59. The van der Waals surface area contributed by atoms with Crippen LogP contribution < -0.4 is 11.1 Å². The minimum atomic E-state index is -0.539. The lowest BCUT2D eigenvalue weighted by atomic mass is 10.1. The van der Waals surface area contributed by atoms with Crippen molar-refractivity contribution in [2.45, 2.75) is 6.42 Å². The second kappa shape index (κ2) is 5.24. The van der Waals surface area contributed by atoms with Crippen molar-refractivity contribution in [2.75, 3.05) is 11.1 Å². The molecule has 0 fully saturated rings. The zero-order chi connectivity index (χ0) is 14.8. The maximum atomic E-state index is 13.6. The first-order valence-corrected chi connectivity index (χ1v) is 6.31. The first-order chi connectivity index (χ1) is 10.1. The molecule has 1 heterocycles. The zero-order valence-corrected chi connectivity index (χ0v) is 11.0. The molecular weight excluding hydrogens is 273 g/mol. The van der Waals surface area contributed by atoms with Crippen LogP contribution in [0.1, 0.15) is 5.69 Å². The summed E-state index contributed by atoms with van der Waals surface area (Å²) in [4.78, 5) is 12.0. The molecule has 1 aromatic heterocycles. The number of hydrogen-bond acceptors (Lipinski definition) is 4. The molecule has 0 saturated heterocycles. The quantitative estimate of drug-likeness (QED) is 0.725. The molecule has 0 aliphatic rings. The minimum absolute atomic E-state index is 0.00868. The van der Waals surface area contributed by atoms with Gasteiger partial charge >= 0.3 is 0 Å². The molecule has 0 atom stereocenters. The Balaban J connectivity index is 1.79. The Morgan fingerprint density at radius 3 is 2.95 bits per heavy atom. The summed E-state index contributed by atoms with van der Waals surface area (Å²) in [5.74, 6) is -0.930. The van der Waals surface area contributed by atoms with Crippen LogP contribution in [0.15, 0.2) is 47.0 Å². The molecule has 3 N–H and O–H groups in total. The molecule has 0 radical (unpaired) electrons. The van der Waals surface area contributed by atoms with Crippen molar-refractivity contribution in [2.24, 2.45) is 0 Å². The highest BCUT2D eigenvalue weighted by molar-refractivity contribution is 5.95. The maximum absolute atomic E-state index is 13.6. The van der Waals surface area contributed by atoms with E-state index in [1.807, 2.05) is 18.2 Å². The number of para-hydroxylation sites is 1. The van der Waals surface area contributed by atoms with Crippen molar-refractivity contribution in [3.05, 3.63) is 54.0 Å². The van der Waals surface area contributed by atoms with Crippen molar-refractivity contribution >= 4 is 28.3 Å². The van der Waals surface area contributed by atoms with E-state index in [0.717, 1.165) is 5.39 Å². The monoisotopic (exact) mass is 285 g/mol. The Hall–Kier alpha value is -2.89. The Labute approximate surface area is 119 Å². The molecule has 0 aliphatic carbocycles. The molecule has 0 unspecified atom stereocenters. The molecule has 0 aliphatic heterocycles. The summed E-state index contributed by atoms with van der Waals surface area (Å²) in [6, 6.07) is 11.2. The fourth-order valence-corrected chi connectivity index (χ4v) is 2.05. The summed E-state index contributed by atoms with van der Waals surface area (Å²) in [6.45, 7) is 0. The molecule has 1 amide bonds. The van der Waals surface area contributed by atoms with E-state index in [4.69, 9.17) is 10.3 Å². The van der Waals surface area contributed by atoms with E-state index in [9.17, 15) is 9.18 Å². The van der Waals surface area contributed by atoms with Gasteiger partial charge < -0.3 is 15.6 Å². The molecule has 0 saturated carbocycles. The lowest BCUT2D eigenvalue weighted by molar-refractivity contribution is -0.115. The number of nitrogen functional groups attached to an aromatic ring is 1. The number of nitrogens with zero attached hydrogens (tertiary/aromatic N) is 1. The summed E-state index contributed by atoms with van der Waals surface area (Å²) in [5.41, 5.74) is 7.10. The number of fused-ring (bicyclic) bond motifs is 1. The van der Waals surface area contributed by atoms with Crippen LogP contribution >= 0.6 is 0 Å². The highest BCUT2D eigenvalue weighted by Crippen LogP contribution is 2.20. The molecule has 0 bridgehead atoms. The van der Waals surface area contributed by atoms with Crippen molar-refractivity contribution in [3.8, 4) is 0 Å². The number of benzene rings is 2. The first kappa shape index (κ1) is 13.1. The lowest BCUT2D eigenvalue weighted by Crippen LogP contribution is -2.15. The van der Waals surface area contributed by atoms with Gasteiger partial charge in [0.2, 0.25) is 5.91 Å². The van der Waals surface area contributed by atoms with Crippen molar-refractivity contribution < 1.29 is 13.7 Å². The average Bonchev–Trinajstić information content (AvgIpc) is 2.86. The Bertz CT molecular complexity index is 814. The van der Waals surface area contributed by atoms with Gasteiger partial charge in [0, 0.05) is 11.1 Å². The van der Waals surface area contributed by atoms with Crippen LogP contribution in [-0.4, -0.2) is 11.1 Å². The summed E-state index contributed by atoms with van der Waals surface area (Å²) in [7, 11) is 0. The topological polar surface area (TPSA) is 81.1 Å². The van der Waals surface area contributed by atoms with Crippen LogP contribution in [0.2, 0.25) is 0 Å². The van der Waals surface area contributed by atoms with Crippen LogP contribution in [-0.2, 0) is 11.2 Å².